The summed E-state index contributed by atoms with van der Waals surface area (Å²) in [6.45, 7) is 36.2. The fourth-order valence-corrected chi connectivity index (χ4v) is 15.9. The average Bonchev–Trinajstić information content (AvgIpc) is 1.22. The first-order valence-corrected chi connectivity index (χ1v) is 44.6. The maximum Gasteiger partial charge on any atom is 0.131 e. The van der Waals surface area contributed by atoms with Crippen LogP contribution in [0.1, 0.15) is 241 Å². The van der Waals surface area contributed by atoms with Gasteiger partial charge < -0.3 is 90.2 Å². The van der Waals surface area contributed by atoms with Gasteiger partial charge in [-0.15, -0.1) is 0 Å². The van der Waals surface area contributed by atoms with Gasteiger partial charge in [-0.3, -0.25) is 0 Å². The number of methoxy groups -OCH3 is 8. The van der Waals surface area contributed by atoms with Crippen LogP contribution in [0.15, 0.2) is 140 Å². The van der Waals surface area contributed by atoms with E-state index in [1.54, 1.807) is 56.9 Å². The van der Waals surface area contributed by atoms with Crippen molar-refractivity contribution in [2.24, 2.45) is 0 Å². The normalized spacial score (nSPS) is 13.4. The molecule has 9 aromatic rings. The third-order valence-corrected chi connectivity index (χ3v) is 23.8. The molecule has 0 saturated carbocycles. The molecule has 3 aliphatic rings. The zero-order chi connectivity index (χ0) is 88.9. The first-order valence-electron chi connectivity index (χ1n) is 44.6. The molecule has 3 atom stereocenters. The quantitative estimate of drug-likeness (QED) is 0.0330. The van der Waals surface area contributed by atoms with E-state index in [1.807, 2.05) is 30.3 Å². The van der Waals surface area contributed by atoms with Gasteiger partial charge in [-0.2, -0.15) is 0 Å². The van der Waals surface area contributed by atoms with Crippen LogP contribution in [-0.2, 0) is 133 Å². The van der Waals surface area contributed by atoms with Crippen LogP contribution in [0, 0.1) is 0 Å². The predicted molar refractivity (Wildman–Crippen MR) is 508 cm³/mol. The molecule has 0 aliphatic carbocycles. The van der Waals surface area contributed by atoms with Gasteiger partial charge >= 0.3 is 0 Å². The van der Waals surface area contributed by atoms with E-state index < -0.39 is 0 Å². The van der Waals surface area contributed by atoms with Crippen molar-refractivity contribution in [3.63, 3.8) is 0 Å². The van der Waals surface area contributed by atoms with Crippen LogP contribution in [0.5, 0.6) is 51.7 Å². The minimum Gasteiger partial charge on any atom is -0.493 e. The maximum absolute atomic E-state index is 6.28. The smallest absolute Gasteiger partial charge is 0.131 e. The second-order valence-corrected chi connectivity index (χ2v) is 33.3. The first kappa shape index (κ1) is 104. The van der Waals surface area contributed by atoms with Gasteiger partial charge in [0.05, 0.1) is 72.7 Å². The Morgan fingerprint density at radius 3 is 1.23 bits per heavy atom. The molecule has 9 aromatic carbocycles. The zero-order valence-corrected chi connectivity index (χ0v) is 78.2. The largest absolute Gasteiger partial charge is 0.493 e. The SMILES string of the molecule is C.C.CCC(C)(C)c1ccc(OCCOc2c(COC)cc3c(c2COC)CCN(C)C3)cc1.CCC(C)c1ccc(OCCOc2c(COC)cc(C(C)C)cc2COC)c2ccccc12.CCC(C)c1ccc(OCCOc2c(COC)cc3c(c2COC)CCO3)cc1.CCC(C)c1ccc(OCCOc2c(COC)cc3c(c2COC)CCOC3)cc1. The van der Waals surface area contributed by atoms with Gasteiger partial charge in [0.15, 0.2) is 0 Å². The lowest BCUT2D eigenvalue weighted by Gasteiger charge is -2.29. The van der Waals surface area contributed by atoms with Crippen LogP contribution < -0.4 is 42.6 Å². The van der Waals surface area contributed by atoms with Gasteiger partial charge in [0.1, 0.15) is 105 Å². The summed E-state index contributed by atoms with van der Waals surface area (Å²) in [5.41, 5.74) is 21.6. The molecule has 692 valence electrons. The number of fused-ring (bicyclic) bond motifs is 4. The lowest BCUT2D eigenvalue weighted by Crippen LogP contribution is -2.28. The molecule has 126 heavy (non-hydrogen) atoms. The van der Waals surface area contributed by atoms with Crippen LogP contribution in [-0.4, -0.2) is 141 Å². The highest BCUT2D eigenvalue weighted by Gasteiger charge is 2.28. The van der Waals surface area contributed by atoms with E-state index in [1.165, 1.54) is 61.0 Å². The van der Waals surface area contributed by atoms with Crippen LogP contribution in [0.4, 0.5) is 0 Å². The summed E-state index contributed by atoms with van der Waals surface area (Å²) in [7, 11) is 15.8. The first-order chi connectivity index (χ1) is 60.2. The zero-order valence-electron chi connectivity index (χ0n) is 78.2. The van der Waals surface area contributed by atoms with Crippen molar-refractivity contribution in [2.75, 3.05) is 137 Å². The molecule has 0 spiro atoms. The topological polar surface area (TPSA) is 169 Å². The summed E-state index contributed by atoms with van der Waals surface area (Å²) < 4.78 is 104. The summed E-state index contributed by atoms with van der Waals surface area (Å²) in [6, 6.07) is 48.6. The molecule has 19 heteroatoms. The highest BCUT2D eigenvalue weighted by atomic mass is 16.6. The van der Waals surface area contributed by atoms with Gasteiger partial charge in [-0.05, 0) is 203 Å². The number of hydrogen-bond acceptors (Lipinski definition) is 19. The second kappa shape index (κ2) is 54.4. The lowest BCUT2D eigenvalue weighted by atomic mass is 9.82. The van der Waals surface area contributed by atoms with Gasteiger partial charge in [0, 0.05) is 132 Å². The van der Waals surface area contributed by atoms with E-state index in [0.717, 1.165) is 166 Å². The highest BCUT2D eigenvalue weighted by Crippen LogP contribution is 2.42. The molecule has 0 radical (unpaired) electrons. The second-order valence-electron chi connectivity index (χ2n) is 33.3. The summed E-state index contributed by atoms with van der Waals surface area (Å²) >= 11 is 0. The molecular weight excluding hydrogens is 1590 g/mol. The van der Waals surface area contributed by atoms with Crippen molar-refractivity contribution < 1.29 is 85.3 Å². The van der Waals surface area contributed by atoms with Crippen molar-refractivity contribution in [3.8, 4) is 51.7 Å². The van der Waals surface area contributed by atoms with Crippen LogP contribution in [0.2, 0.25) is 0 Å². The molecule has 3 heterocycles. The van der Waals surface area contributed by atoms with Gasteiger partial charge in [-0.1, -0.05) is 158 Å². The van der Waals surface area contributed by atoms with E-state index in [4.69, 9.17) is 85.3 Å². The van der Waals surface area contributed by atoms with Crippen molar-refractivity contribution >= 4 is 10.8 Å². The Hall–Kier alpha value is -8.96. The number of likely N-dealkylation sites (N-methyl/N-ethyl adjacent to an activating group) is 1. The fourth-order valence-electron chi connectivity index (χ4n) is 15.9. The predicted octanol–water partition coefficient (Wildman–Crippen LogP) is 23.5. The molecule has 0 amide bonds. The Kier molecular flexibility index (Phi) is 44.9. The minimum atomic E-state index is 0. The monoisotopic (exact) mass is 1740 g/mol. The maximum atomic E-state index is 6.28. The number of ether oxygens (including phenoxy) is 18. The molecule has 0 N–H and O–H groups in total. The third kappa shape index (κ3) is 29.3. The number of nitrogens with zero attached hydrogens (tertiary/aromatic N) is 1. The van der Waals surface area contributed by atoms with Crippen molar-refractivity contribution in [3.05, 3.63) is 240 Å². The van der Waals surface area contributed by atoms with Gasteiger partial charge in [0.25, 0.3) is 0 Å². The Bertz CT molecular complexity index is 4650. The molecule has 0 fully saturated rings. The van der Waals surface area contributed by atoms with Crippen molar-refractivity contribution in [2.45, 2.75) is 231 Å². The Morgan fingerprint density at radius 2 is 0.778 bits per heavy atom. The molecule has 0 saturated heterocycles. The number of benzene rings is 9. The lowest BCUT2D eigenvalue weighted by molar-refractivity contribution is 0.107. The number of rotatable bonds is 45. The molecule has 0 bridgehead atoms. The van der Waals surface area contributed by atoms with E-state index >= 15 is 0 Å². The highest BCUT2D eigenvalue weighted by molar-refractivity contribution is 5.91. The fraction of sp³-hybridized carbons (Fsp3) is 0.514. The van der Waals surface area contributed by atoms with Crippen LogP contribution in [0.25, 0.3) is 10.8 Å². The summed E-state index contributed by atoms with van der Waals surface area (Å²) in [5.74, 6) is 9.86. The average molecular weight is 1740 g/mol. The van der Waals surface area contributed by atoms with Crippen LogP contribution >= 0.6 is 0 Å². The molecule has 3 aliphatic heterocycles. The van der Waals surface area contributed by atoms with E-state index in [-0.39, 0.29) is 20.3 Å². The van der Waals surface area contributed by atoms with Crippen molar-refractivity contribution in [1.29, 1.82) is 0 Å². The van der Waals surface area contributed by atoms with Crippen LogP contribution in [0.3, 0.4) is 0 Å². The number of hydrogen-bond donors (Lipinski definition) is 0. The standard InChI is InChI=1S/C29H38O4.C27H39NO4.C25H34O5.C24H32O5.2CH4/c1-7-21(4)25-12-13-28(27-11-9-8-10-26(25)27)32-14-15-33-29-23(18-30-5)16-22(20(2)3)17-24(29)19-31-6;1-7-27(2,3)22-8-10-23(11-9-22)31-14-15-32-26-21(18-29-5)16-20-17-28(4)13-12-24(20)25(26)19-30-6;1-5-18(2)19-6-8-22(9-7-19)29-12-13-30-25-21(15-26-3)14-20-16-28-11-10-23(20)24(25)17-27-4;1-5-17(2)18-6-8-20(9-7-18)27-12-13-29-24-19(15-25-3)14-23-21(10-11-28-23)22(24)16-26-4;;/h8-13,16-17,20-21H,7,14-15,18-19H2,1-6H3;8-11,16H,7,12-15,17-19H2,1-6H3;6-9,14,18H,5,10-13,15-17H2,1-4H3;6-9,14,17H,5,10-13,15-16H2,1-4H3;2*1H4. The Labute approximate surface area is 755 Å². The molecule has 19 nitrogen and oxygen atoms in total. The minimum absolute atomic E-state index is 0. The summed E-state index contributed by atoms with van der Waals surface area (Å²) in [4.78, 5) is 2.34. The molecule has 3 unspecified atom stereocenters. The molecule has 12 rings (SSSR count). The molecular formula is C107H151NO18. The summed E-state index contributed by atoms with van der Waals surface area (Å²) in [6.07, 6.45) is 7.23. The van der Waals surface area contributed by atoms with E-state index in [0.29, 0.717) is 143 Å². The van der Waals surface area contributed by atoms with E-state index in [9.17, 15) is 0 Å². The summed E-state index contributed by atoms with van der Waals surface area (Å²) in [5, 5.41) is 2.41. The Balaban J connectivity index is 0.000000230. The Morgan fingerprint density at radius 1 is 0.381 bits per heavy atom. The molecule has 0 aromatic heterocycles. The van der Waals surface area contributed by atoms with Crippen molar-refractivity contribution in [1.82, 2.24) is 4.90 Å². The van der Waals surface area contributed by atoms with Gasteiger partial charge in [-0.25, -0.2) is 0 Å². The van der Waals surface area contributed by atoms with Gasteiger partial charge in [0.2, 0.25) is 0 Å². The third-order valence-electron chi connectivity index (χ3n) is 23.8. The van der Waals surface area contributed by atoms with E-state index in [2.05, 4.69) is 197 Å².